The number of carbonyl (C=O) groups excluding carboxylic acids is 1. The average Bonchev–Trinajstić information content (AvgIpc) is 3.55. The van der Waals surface area contributed by atoms with E-state index in [1.165, 1.54) is 11.3 Å². The molecule has 3 aromatic heterocycles. The van der Waals surface area contributed by atoms with E-state index in [2.05, 4.69) is 20.2 Å². The zero-order chi connectivity index (χ0) is 25.2. The lowest BCUT2D eigenvalue weighted by molar-refractivity contribution is 0.102. The molecule has 2 aromatic carbocycles. The van der Waals surface area contributed by atoms with E-state index in [0.29, 0.717) is 30.8 Å². The van der Waals surface area contributed by atoms with Crippen LogP contribution in [0.1, 0.15) is 22.3 Å². The molecule has 1 atom stereocenters. The molecule has 4 heterocycles. The molecule has 0 saturated carbocycles. The van der Waals surface area contributed by atoms with Crippen LogP contribution in [0.15, 0.2) is 85.2 Å². The largest absolute Gasteiger partial charge is 0.321 e. The number of anilines is 1. The Bertz CT molecular complexity index is 1570. The first-order valence-electron chi connectivity index (χ1n) is 12.2. The van der Waals surface area contributed by atoms with E-state index in [4.69, 9.17) is 4.98 Å². The lowest BCUT2D eigenvalue weighted by atomic mass is 10.1. The van der Waals surface area contributed by atoms with Crippen LogP contribution < -0.4 is 5.32 Å². The summed E-state index contributed by atoms with van der Waals surface area (Å²) in [6, 6.07) is 22.8. The zero-order valence-electron chi connectivity index (χ0n) is 20.0. The number of pyridine rings is 2. The molecule has 1 aliphatic rings. The van der Waals surface area contributed by atoms with Crippen molar-refractivity contribution in [3.05, 3.63) is 96.3 Å². The van der Waals surface area contributed by atoms with Crippen LogP contribution in [0.3, 0.4) is 0 Å². The third kappa shape index (κ3) is 5.12. The fourth-order valence-corrected chi connectivity index (χ4v) is 5.51. The summed E-state index contributed by atoms with van der Waals surface area (Å²) in [6.07, 6.45) is 3.43. The minimum Gasteiger partial charge on any atom is -0.321 e. The van der Waals surface area contributed by atoms with Gasteiger partial charge in [0, 0.05) is 48.7 Å². The van der Waals surface area contributed by atoms with Crippen LogP contribution >= 0.6 is 11.3 Å². The maximum Gasteiger partial charge on any atom is 0.255 e. The monoisotopic (exact) mass is 509 g/mol. The van der Waals surface area contributed by atoms with E-state index in [-0.39, 0.29) is 5.91 Å². The van der Waals surface area contributed by atoms with Gasteiger partial charge >= 0.3 is 0 Å². The number of fused-ring (bicyclic) bond motifs is 1. The number of alkyl halides is 1. The summed E-state index contributed by atoms with van der Waals surface area (Å²) in [6.45, 7) is 1.90. The van der Waals surface area contributed by atoms with Crippen LogP contribution in [0.2, 0.25) is 0 Å². The van der Waals surface area contributed by atoms with Gasteiger partial charge in [0.25, 0.3) is 5.91 Å². The number of carbonyl (C=O) groups is 1. The Kier molecular flexibility index (Phi) is 6.42. The number of benzene rings is 2. The van der Waals surface area contributed by atoms with E-state index in [0.717, 1.165) is 44.3 Å². The molecule has 0 aliphatic carbocycles. The topological polar surface area (TPSA) is 71.0 Å². The van der Waals surface area contributed by atoms with Gasteiger partial charge in [0.05, 0.1) is 11.4 Å². The minimum atomic E-state index is -0.744. The number of hydrogen-bond donors (Lipinski definition) is 1. The molecule has 6 nitrogen and oxygen atoms in total. The molecule has 5 aromatic rings. The molecule has 6 rings (SSSR count). The second kappa shape index (κ2) is 10.2. The maximum atomic E-state index is 13.6. The molecule has 0 unspecified atom stereocenters. The number of likely N-dealkylation sites (tertiary alicyclic amines) is 1. The second-order valence-corrected chi connectivity index (χ2v) is 10.1. The summed E-state index contributed by atoms with van der Waals surface area (Å²) >= 11 is 1.48. The third-order valence-corrected chi connectivity index (χ3v) is 7.43. The van der Waals surface area contributed by atoms with Crippen LogP contribution in [0.25, 0.3) is 32.2 Å². The molecule has 1 N–H and O–H groups in total. The van der Waals surface area contributed by atoms with Gasteiger partial charge in [0.2, 0.25) is 0 Å². The summed E-state index contributed by atoms with van der Waals surface area (Å²) in [5.41, 5.74) is 5.58. The molecular formula is C29H24FN5OS. The van der Waals surface area contributed by atoms with Crippen molar-refractivity contribution in [3.8, 4) is 21.8 Å². The van der Waals surface area contributed by atoms with Gasteiger partial charge < -0.3 is 5.32 Å². The summed E-state index contributed by atoms with van der Waals surface area (Å²) in [4.78, 5) is 29.9. The Balaban J connectivity index is 1.25. The number of nitrogens with one attached hydrogen (secondary N) is 1. The van der Waals surface area contributed by atoms with E-state index in [1.807, 2.05) is 72.9 Å². The molecule has 37 heavy (non-hydrogen) atoms. The van der Waals surface area contributed by atoms with E-state index >= 15 is 0 Å². The number of rotatable bonds is 6. The van der Waals surface area contributed by atoms with Crippen LogP contribution in [0, 0.1) is 0 Å². The number of nitrogens with zero attached hydrogens (tertiary/aromatic N) is 4. The van der Waals surface area contributed by atoms with E-state index in [1.54, 1.807) is 12.3 Å². The number of aromatic nitrogens is 3. The maximum absolute atomic E-state index is 13.6. The molecule has 0 bridgehead atoms. The highest BCUT2D eigenvalue weighted by Crippen LogP contribution is 2.34. The van der Waals surface area contributed by atoms with Crippen molar-refractivity contribution in [3.63, 3.8) is 0 Å². The summed E-state index contributed by atoms with van der Waals surface area (Å²) < 4.78 is 13.6. The summed E-state index contributed by atoms with van der Waals surface area (Å²) in [7, 11) is 0. The van der Waals surface area contributed by atoms with Crippen molar-refractivity contribution in [1.29, 1.82) is 0 Å². The number of thiazole rings is 1. The Morgan fingerprint density at radius 3 is 2.78 bits per heavy atom. The normalized spacial score (nSPS) is 15.8. The number of para-hydroxylation sites is 1. The molecule has 1 amide bonds. The first-order chi connectivity index (χ1) is 18.1. The van der Waals surface area contributed by atoms with Crippen LogP contribution in [0.5, 0.6) is 0 Å². The molecular weight excluding hydrogens is 485 g/mol. The minimum absolute atomic E-state index is 0.205. The summed E-state index contributed by atoms with van der Waals surface area (Å²) in [5.74, 6) is -0.205. The fourth-order valence-electron chi connectivity index (χ4n) is 4.58. The van der Waals surface area contributed by atoms with Gasteiger partial charge in [0.15, 0.2) is 0 Å². The molecule has 184 valence electrons. The molecule has 1 saturated heterocycles. The van der Waals surface area contributed by atoms with Crippen molar-refractivity contribution in [2.24, 2.45) is 0 Å². The van der Waals surface area contributed by atoms with Crippen molar-refractivity contribution < 1.29 is 9.18 Å². The van der Waals surface area contributed by atoms with Crippen molar-refractivity contribution in [2.75, 3.05) is 18.4 Å². The SMILES string of the molecule is O=C(Nc1ccccc1-c1nc2cc(CN3CC[C@@H](F)C3)cnc2s1)c1cccc(-c2ccccn2)c1. The Labute approximate surface area is 217 Å². The second-order valence-electron chi connectivity index (χ2n) is 9.10. The Morgan fingerprint density at radius 2 is 1.95 bits per heavy atom. The van der Waals surface area contributed by atoms with Gasteiger partial charge in [-0.25, -0.2) is 14.4 Å². The molecule has 0 radical (unpaired) electrons. The van der Waals surface area contributed by atoms with E-state index < -0.39 is 6.17 Å². The zero-order valence-corrected chi connectivity index (χ0v) is 20.8. The molecule has 0 spiro atoms. The van der Waals surface area contributed by atoms with Gasteiger partial charge in [-0.1, -0.05) is 41.7 Å². The van der Waals surface area contributed by atoms with Crippen molar-refractivity contribution in [2.45, 2.75) is 19.1 Å². The number of halogens is 1. The first-order valence-corrected chi connectivity index (χ1v) is 13.0. The molecule has 8 heteroatoms. The van der Waals surface area contributed by atoms with Crippen molar-refractivity contribution >= 4 is 33.3 Å². The smallest absolute Gasteiger partial charge is 0.255 e. The van der Waals surface area contributed by atoms with Gasteiger partial charge in [0.1, 0.15) is 21.5 Å². The quantitative estimate of drug-likeness (QED) is 0.294. The third-order valence-electron chi connectivity index (χ3n) is 6.42. The lowest BCUT2D eigenvalue weighted by Crippen LogP contribution is -2.20. The first kappa shape index (κ1) is 23.4. The Morgan fingerprint density at radius 1 is 1.05 bits per heavy atom. The fraction of sp³-hybridized carbons (Fsp3) is 0.172. The predicted octanol–water partition coefficient (Wildman–Crippen LogP) is 6.22. The van der Waals surface area contributed by atoms with Crippen LogP contribution in [-0.4, -0.2) is 45.0 Å². The van der Waals surface area contributed by atoms with Gasteiger partial charge in [-0.2, -0.15) is 0 Å². The number of amides is 1. The predicted molar refractivity (Wildman–Crippen MR) is 145 cm³/mol. The van der Waals surface area contributed by atoms with Gasteiger partial charge in [-0.3, -0.25) is 14.7 Å². The highest BCUT2D eigenvalue weighted by atomic mass is 32.1. The number of hydrogen-bond acceptors (Lipinski definition) is 6. The average molecular weight is 510 g/mol. The molecule has 1 aliphatic heterocycles. The highest BCUT2D eigenvalue weighted by Gasteiger charge is 2.22. The van der Waals surface area contributed by atoms with Crippen molar-refractivity contribution in [1.82, 2.24) is 19.9 Å². The van der Waals surface area contributed by atoms with Crippen LogP contribution in [-0.2, 0) is 6.54 Å². The van der Waals surface area contributed by atoms with Crippen LogP contribution in [0.4, 0.5) is 10.1 Å². The Hall–Kier alpha value is -4.01. The van der Waals surface area contributed by atoms with Gasteiger partial charge in [-0.15, -0.1) is 0 Å². The standard InChI is InChI=1S/C29H24FN5OS/c30-22-11-13-35(18-22)17-19-14-26-29(32-16-19)37-28(34-26)23-8-1-2-10-25(23)33-27(36)21-7-5-6-20(15-21)24-9-3-4-12-31-24/h1-10,12,14-16,22H,11,13,17-18H2,(H,33,36)/t22-/m1/s1. The molecule has 1 fully saturated rings. The summed E-state index contributed by atoms with van der Waals surface area (Å²) in [5, 5.41) is 3.84. The highest BCUT2D eigenvalue weighted by molar-refractivity contribution is 7.21. The lowest BCUT2D eigenvalue weighted by Gasteiger charge is -2.13. The van der Waals surface area contributed by atoms with E-state index in [9.17, 15) is 9.18 Å². The van der Waals surface area contributed by atoms with Gasteiger partial charge in [-0.05, 0) is 54.4 Å².